The number of methoxy groups -OCH3 is 1. The van der Waals surface area contributed by atoms with Crippen LogP contribution in [0.5, 0.6) is 5.75 Å². The van der Waals surface area contributed by atoms with Crippen molar-refractivity contribution in [1.29, 1.82) is 0 Å². The molecule has 20 heavy (non-hydrogen) atoms. The average molecular weight is 314 g/mol. The van der Waals surface area contributed by atoms with E-state index >= 15 is 0 Å². The molecule has 6 heteroatoms. The van der Waals surface area contributed by atoms with Crippen LogP contribution in [-0.2, 0) is 0 Å². The summed E-state index contributed by atoms with van der Waals surface area (Å²) < 4.78 is 18.6. The Kier molecular flexibility index (Phi) is 4.47. The van der Waals surface area contributed by atoms with Crippen molar-refractivity contribution in [2.75, 3.05) is 12.4 Å². The molecule has 0 aliphatic carbocycles. The predicted molar refractivity (Wildman–Crippen MR) is 77.4 cm³/mol. The maximum absolute atomic E-state index is 13.8. The summed E-state index contributed by atoms with van der Waals surface area (Å²) in [6, 6.07) is 8.56. The van der Waals surface area contributed by atoms with Gasteiger partial charge in [-0.1, -0.05) is 23.2 Å². The molecule has 1 N–H and O–H groups in total. The van der Waals surface area contributed by atoms with Crippen LogP contribution in [0.4, 0.5) is 10.1 Å². The van der Waals surface area contributed by atoms with Gasteiger partial charge in [0, 0.05) is 21.8 Å². The van der Waals surface area contributed by atoms with E-state index in [1.165, 1.54) is 37.4 Å². The Balaban J connectivity index is 2.23. The second-order valence-electron chi connectivity index (χ2n) is 3.96. The number of hydrogen-bond acceptors (Lipinski definition) is 2. The molecule has 2 aromatic carbocycles. The largest absolute Gasteiger partial charge is 0.497 e. The topological polar surface area (TPSA) is 38.3 Å². The van der Waals surface area contributed by atoms with Crippen LogP contribution < -0.4 is 10.1 Å². The van der Waals surface area contributed by atoms with Gasteiger partial charge >= 0.3 is 0 Å². The Morgan fingerprint density at radius 2 is 1.80 bits per heavy atom. The second kappa shape index (κ2) is 6.11. The highest BCUT2D eigenvalue weighted by molar-refractivity contribution is 6.35. The van der Waals surface area contributed by atoms with E-state index in [0.29, 0.717) is 21.5 Å². The quantitative estimate of drug-likeness (QED) is 0.912. The fourth-order valence-corrected chi connectivity index (χ4v) is 2.16. The van der Waals surface area contributed by atoms with Crippen LogP contribution in [0.2, 0.25) is 10.0 Å². The monoisotopic (exact) mass is 313 g/mol. The fourth-order valence-electron chi connectivity index (χ4n) is 1.63. The Morgan fingerprint density at radius 1 is 1.15 bits per heavy atom. The molecule has 0 bridgehead atoms. The molecule has 2 rings (SSSR count). The molecule has 0 unspecified atom stereocenters. The highest BCUT2D eigenvalue weighted by Crippen LogP contribution is 2.23. The number of benzene rings is 2. The number of halogens is 3. The Bertz CT molecular complexity index is 641. The molecule has 0 fully saturated rings. The summed E-state index contributed by atoms with van der Waals surface area (Å²) in [6.07, 6.45) is 0. The van der Waals surface area contributed by atoms with E-state index < -0.39 is 11.7 Å². The lowest BCUT2D eigenvalue weighted by atomic mass is 10.2. The molecule has 0 atom stereocenters. The van der Waals surface area contributed by atoms with Crippen molar-refractivity contribution in [1.82, 2.24) is 0 Å². The van der Waals surface area contributed by atoms with Crippen molar-refractivity contribution in [3.63, 3.8) is 0 Å². The van der Waals surface area contributed by atoms with E-state index in [1.807, 2.05) is 0 Å². The van der Waals surface area contributed by atoms with Crippen molar-refractivity contribution in [2.24, 2.45) is 0 Å². The van der Waals surface area contributed by atoms with Crippen LogP contribution >= 0.6 is 23.2 Å². The average Bonchev–Trinajstić information content (AvgIpc) is 2.36. The maximum Gasteiger partial charge on any atom is 0.258 e. The zero-order valence-corrected chi connectivity index (χ0v) is 11.9. The predicted octanol–water partition coefficient (Wildman–Crippen LogP) is 4.39. The number of carbonyl (C=O) groups excluding carboxylic acids is 1. The van der Waals surface area contributed by atoms with Crippen molar-refractivity contribution in [2.45, 2.75) is 0 Å². The van der Waals surface area contributed by atoms with E-state index in [9.17, 15) is 9.18 Å². The maximum atomic E-state index is 13.8. The van der Waals surface area contributed by atoms with Crippen LogP contribution in [0.15, 0.2) is 36.4 Å². The molecule has 3 nitrogen and oxygen atoms in total. The Morgan fingerprint density at radius 3 is 2.35 bits per heavy atom. The van der Waals surface area contributed by atoms with Gasteiger partial charge in [-0.05, 0) is 30.3 Å². The standard InChI is InChI=1S/C14H10Cl2FNO2/c1-20-11-2-3-12(13(17)7-11)14(19)18-10-5-8(15)4-9(16)6-10/h2-7H,1H3,(H,18,19). The summed E-state index contributed by atoms with van der Waals surface area (Å²) in [5.74, 6) is -0.927. The molecule has 0 saturated carbocycles. The minimum absolute atomic E-state index is 0.0955. The number of anilines is 1. The number of nitrogens with one attached hydrogen (secondary N) is 1. The summed E-state index contributed by atoms with van der Waals surface area (Å²) in [5, 5.41) is 3.29. The van der Waals surface area contributed by atoms with Gasteiger partial charge in [0.25, 0.3) is 5.91 Å². The molecular weight excluding hydrogens is 304 g/mol. The SMILES string of the molecule is COc1ccc(C(=O)Nc2cc(Cl)cc(Cl)c2)c(F)c1. The second-order valence-corrected chi connectivity index (χ2v) is 4.83. The van der Waals surface area contributed by atoms with Crippen LogP contribution in [0.3, 0.4) is 0 Å². The summed E-state index contributed by atoms with van der Waals surface area (Å²) in [6.45, 7) is 0. The van der Waals surface area contributed by atoms with Crippen molar-refractivity contribution in [3.8, 4) is 5.75 Å². The van der Waals surface area contributed by atoms with Crippen LogP contribution in [-0.4, -0.2) is 13.0 Å². The molecule has 0 heterocycles. The lowest BCUT2D eigenvalue weighted by Crippen LogP contribution is -2.13. The van der Waals surface area contributed by atoms with Gasteiger partial charge in [-0.15, -0.1) is 0 Å². The normalized spacial score (nSPS) is 10.2. The molecule has 0 aromatic heterocycles. The molecule has 2 aromatic rings. The van der Waals surface area contributed by atoms with E-state index in [1.54, 1.807) is 0 Å². The van der Waals surface area contributed by atoms with Gasteiger partial charge in [-0.2, -0.15) is 0 Å². The molecule has 0 saturated heterocycles. The summed E-state index contributed by atoms with van der Waals surface area (Å²) in [5.41, 5.74) is 0.296. The Labute approximate surface area is 125 Å². The zero-order chi connectivity index (χ0) is 14.7. The van der Waals surface area contributed by atoms with Crippen LogP contribution in [0, 0.1) is 5.82 Å². The van der Waals surface area contributed by atoms with Gasteiger partial charge < -0.3 is 10.1 Å². The highest BCUT2D eigenvalue weighted by Gasteiger charge is 2.13. The van der Waals surface area contributed by atoms with Gasteiger partial charge in [-0.3, -0.25) is 4.79 Å². The molecule has 0 radical (unpaired) electrons. The van der Waals surface area contributed by atoms with Crippen molar-refractivity contribution >= 4 is 34.8 Å². The van der Waals surface area contributed by atoms with Crippen LogP contribution in [0.25, 0.3) is 0 Å². The Hall–Kier alpha value is -1.78. The van der Waals surface area contributed by atoms with Crippen molar-refractivity contribution < 1.29 is 13.9 Å². The lowest BCUT2D eigenvalue weighted by molar-refractivity contribution is 0.102. The third-order valence-corrected chi connectivity index (χ3v) is 2.98. The number of ether oxygens (including phenoxy) is 1. The van der Waals surface area contributed by atoms with Crippen LogP contribution in [0.1, 0.15) is 10.4 Å². The first kappa shape index (κ1) is 14.6. The molecule has 0 aliphatic heterocycles. The fraction of sp³-hybridized carbons (Fsp3) is 0.0714. The molecule has 104 valence electrons. The van der Waals surface area contributed by atoms with Gasteiger partial charge in [-0.25, -0.2) is 4.39 Å². The number of hydrogen-bond donors (Lipinski definition) is 1. The number of carbonyl (C=O) groups is 1. The first-order valence-corrected chi connectivity index (χ1v) is 6.36. The van der Waals surface area contributed by atoms with E-state index in [-0.39, 0.29) is 5.56 Å². The van der Waals surface area contributed by atoms with Gasteiger partial charge in [0.2, 0.25) is 0 Å². The third kappa shape index (κ3) is 3.40. The summed E-state index contributed by atoms with van der Waals surface area (Å²) in [4.78, 5) is 12.0. The first-order chi connectivity index (χ1) is 9.49. The minimum atomic E-state index is -0.671. The molecule has 1 amide bonds. The molecule has 0 aliphatic rings. The molecule has 0 spiro atoms. The van der Waals surface area contributed by atoms with E-state index in [4.69, 9.17) is 27.9 Å². The summed E-state index contributed by atoms with van der Waals surface area (Å²) >= 11 is 11.6. The highest BCUT2D eigenvalue weighted by atomic mass is 35.5. The number of amides is 1. The molecular formula is C14H10Cl2FNO2. The lowest BCUT2D eigenvalue weighted by Gasteiger charge is -2.08. The third-order valence-electron chi connectivity index (χ3n) is 2.54. The van der Waals surface area contributed by atoms with Crippen molar-refractivity contribution in [3.05, 3.63) is 57.8 Å². The smallest absolute Gasteiger partial charge is 0.258 e. The van der Waals surface area contributed by atoms with Gasteiger partial charge in [0.1, 0.15) is 11.6 Å². The number of rotatable bonds is 3. The minimum Gasteiger partial charge on any atom is -0.497 e. The van der Waals surface area contributed by atoms with E-state index in [0.717, 1.165) is 6.07 Å². The zero-order valence-electron chi connectivity index (χ0n) is 10.4. The van der Waals surface area contributed by atoms with Gasteiger partial charge in [0.05, 0.1) is 12.7 Å². The summed E-state index contributed by atoms with van der Waals surface area (Å²) in [7, 11) is 1.42. The van der Waals surface area contributed by atoms with E-state index in [2.05, 4.69) is 5.32 Å². The van der Waals surface area contributed by atoms with Gasteiger partial charge in [0.15, 0.2) is 0 Å². The first-order valence-electron chi connectivity index (χ1n) is 5.60.